The highest BCUT2D eigenvalue weighted by Crippen LogP contribution is 2.38. The van der Waals surface area contributed by atoms with E-state index in [1.807, 2.05) is 44.2 Å². The third kappa shape index (κ3) is 9.07. The van der Waals surface area contributed by atoms with E-state index < -0.39 is 36.7 Å². The smallest absolute Gasteiger partial charge is 0.407 e. The second-order valence-corrected chi connectivity index (χ2v) is 16.7. The lowest BCUT2D eigenvalue weighted by Gasteiger charge is -2.41. The van der Waals surface area contributed by atoms with Gasteiger partial charge < -0.3 is 14.5 Å². The van der Waals surface area contributed by atoms with E-state index in [4.69, 9.17) is 13.3 Å². The molecule has 35 heavy (non-hydrogen) atoms. The molecule has 0 fully saturated rings. The minimum absolute atomic E-state index is 0.0619. The van der Waals surface area contributed by atoms with Crippen LogP contribution in [0.3, 0.4) is 0 Å². The molecule has 9 heteroatoms. The molecule has 2 aromatic rings. The van der Waals surface area contributed by atoms with Crippen LogP contribution in [0.15, 0.2) is 59.5 Å². The van der Waals surface area contributed by atoms with Crippen molar-refractivity contribution in [3.05, 3.63) is 65.7 Å². The maximum atomic E-state index is 12.6. The van der Waals surface area contributed by atoms with Crippen molar-refractivity contribution >= 4 is 24.5 Å². The third-order valence-electron chi connectivity index (χ3n) is 6.32. The topological polar surface area (TPSA) is 90.9 Å². The Morgan fingerprint density at radius 2 is 1.63 bits per heavy atom. The summed E-state index contributed by atoms with van der Waals surface area (Å²) in [4.78, 5) is 12.5. The molecule has 0 saturated carbocycles. The largest absolute Gasteiger partial charge is 0.445 e. The number of hydrogen-bond acceptors (Lipinski definition) is 6. The standard InChI is InChI=1S/C26H39NO6SSi/c1-20-13-15-23(16-14-20)34(29,30)32-18-17-24(33-35(6,7)26(3,4)5)21(2)27-25(28)31-19-22-11-9-8-10-12-22/h8-16,21,24H,17-19H2,1-7H3,(H,27,28)/t21-,24?/m0/s1. The molecule has 0 aliphatic carbocycles. The second-order valence-electron chi connectivity index (χ2n) is 10.3. The van der Waals surface area contributed by atoms with E-state index in [1.165, 1.54) is 12.1 Å². The van der Waals surface area contributed by atoms with Crippen LogP contribution in [0.2, 0.25) is 18.1 Å². The van der Waals surface area contributed by atoms with Crippen molar-refractivity contribution in [1.29, 1.82) is 0 Å². The molecule has 0 aromatic heterocycles. The Hall–Kier alpha value is -2.20. The lowest BCUT2D eigenvalue weighted by molar-refractivity contribution is 0.0974. The Kier molecular flexibility index (Phi) is 10.1. The first kappa shape index (κ1) is 29.0. The fourth-order valence-corrected chi connectivity index (χ4v) is 5.41. The van der Waals surface area contributed by atoms with Crippen molar-refractivity contribution in [1.82, 2.24) is 5.32 Å². The van der Waals surface area contributed by atoms with Crippen LogP contribution in [-0.2, 0) is 30.1 Å². The van der Waals surface area contributed by atoms with Crippen LogP contribution in [-0.4, -0.2) is 41.6 Å². The molecule has 7 nitrogen and oxygen atoms in total. The van der Waals surface area contributed by atoms with Crippen LogP contribution < -0.4 is 5.32 Å². The number of hydrogen-bond donors (Lipinski definition) is 1. The molecule has 1 unspecified atom stereocenters. The van der Waals surface area contributed by atoms with Gasteiger partial charge in [0.05, 0.1) is 23.6 Å². The van der Waals surface area contributed by atoms with Crippen LogP contribution >= 0.6 is 0 Å². The van der Waals surface area contributed by atoms with Gasteiger partial charge in [-0.2, -0.15) is 8.42 Å². The Labute approximate surface area is 211 Å². The Bertz CT molecular complexity index is 1050. The van der Waals surface area contributed by atoms with Crippen molar-refractivity contribution in [3.8, 4) is 0 Å². The molecule has 0 saturated heterocycles. The number of nitrogens with one attached hydrogen (secondary N) is 1. The fraction of sp³-hybridized carbons (Fsp3) is 0.500. The molecule has 0 spiro atoms. The Morgan fingerprint density at radius 3 is 2.20 bits per heavy atom. The highest BCUT2D eigenvalue weighted by atomic mass is 32.2. The highest BCUT2D eigenvalue weighted by molar-refractivity contribution is 7.86. The lowest BCUT2D eigenvalue weighted by Crippen LogP contribution is -2.51. The van der Waals surface area contributed by atoms with E-state index in [1.54, 1.807) is 12.1 Å². The van der Waals surface area contributed by atoms with Crippen LogP contribution in [0.5, 0.6) is 0 Å². The van der Waals surface area contributed by atoms with Gasteiger partial charge in [-0.15, -0.1) is 0 Å². The van der Waals surface area contributed by atoms with E-state index in [0.29, 0.717) is 0 Å². The van der Waals surface area contributed by atoms with Crippen molar-refractivity contribution in [2.24, 2.45) is 0 Å². The number of benzene rings is 2. The minimum Gasteiger partial charge on any atom is -0.445 e. The zero-order valence-electron chi connectivity index (χ0n) is 21.8. The van der Waals surface area contributed by atoms with E-state index in [-0.39, 0.29) is 29.6 Å². The molecule has 0 heterocycles. The lowest BCUT2D eigenvalue weighted by atomic mass is 10.1. The Morgan fingerprint density at radius 1 is 1.03 bits per heavy atom. The van der Waals surface area contributed by atoms with Gasteiger partial charge in [0.1, 0.15) is 6.61 Å². The summed E-state index contributed by atoms with van der Waals surface area (Å²) in [5, 5.41) is 2.78. The summed E-state index contributed by atoms with van der Waals surface area (Å²) >= 11 is 0. The number of rotatable bonds is 11. The van der Waals surface area contributed by atoms with Gasteiger partial charge in [0.25, 0.3) is 10.1 Å². The summed E-state index contributed by atoms with van der Waals surface area (Å²) in [6.45, 7) is 14.4. The zero-order chi connectivity index (χ0) is 26.3. The molecule has 2 aromatic carbocycles. The summed E-state index contributed by atoms with van der Waals surface area (Å²) in [5.41, 5.74) is 1.85. The molecule has 0 radical (unpaired) electrons. The average molecular weight is 522 g/mol. The number of amides is 1. The maximum absolute atomic E-state index is 12.6. The highest BCUT2D eigenvalue weighted by Gasteiger charge is 2.40. The normalized spacial score (nSPS) is 14.3. The van der Waals surface area contributed by atoms with Gasteiger partial charge in [0, 0.05) is 0 Å². The first-order valence-electron chi connectivity index (χ1n) is 11.8. The number of carbonyl (C=O) groups is 1. The van der Waals surface area contributed by atoms with Crippen LogP contribution in [0.25, 0.3) is 0 Å². The first-order chi connectivity index (χ1) is 16.2. The summed E-state index contributed by atoms with van der Waals surface area (Å²) in [5.74, 6) is 0. The van der Waals surface area contributed by atoms with Gasteiger partial charge in [-0.05, 0) is 56.1 Å². The van der Waals surface area contributed by atoms with Crippen LogP contribution in [0.4, 0.5) is 4.79 Å². The van der Waals surface area contributed by atoms with Gasteiger partial charge in [-0.1, -0.05) is 68.8 Å². The molecule has 1 amide bonds. The van der Waals surface area contributed by atoms with Crippen LogP contribution in [0.1, 0.15) is 45.2 Å². The first-order valence-corrected chi connectivity index (χ1v) is 16.1. The molecule has 2 rings (SSSR count). The van der Waals surface area contributed by atoms with Crippen molar-refractivity contribution < 1.29 is 26.6 Å². The Balaban J connectivity index is 2.04. The fourth-order valence-electron chi connectivity index (χ4n) is 3.06. The number of aryl methyl sites for hydroxylation is 1. The summed E-state index contributed by atoms with van der Waals surface area (Å²) in [7, 11) is -6.11. The van der Waals surface area contributed by atoms with Gasteiger partial charge in [-0.3, -0.25) is 4.18 Å². The molecule has 0 aliphatic heterocycles. The van der Waals surface area contributed by atoms with E-state index in [2.05, 4.69) is 39.2 Å². The van der Waals surface area contributed by atoms with Gasteiger partial charge >= 0.3 is 6.09 Å². The van der Waals surface area contributed by atoms with E-state index in [9.17, 15) is 13.2 Å². The van der Waals surface area contributed by atoms with Gasteiger partial charge in [-0.25, -0.2) is 4.79 Å². The SMILES string of the molecule is Cc1ccc(S(=O)(=O)OCCC(O[Si](C)(C)C(C)(C)C)[C@H](C)NC(=O)OCc2ccccc2)cc1. The van der Waals surface area contributed by atoms with Crippen molar-refractivity contribution in [2.75, 3.05) is 6.61 Å². The quantitative estimate of drug-likeness (QED) is 0.297. The zero-order valence-corrected chi connectivity index (χ0v) is 23.6. The summed E-state index contributed by atoms with van der Waals surface area (Å²) in [6.07, 6.45) is -0.718. The molecule has 2 atom stereocenters. The van der Waals surface area contributed by atoms with Crippen LogP contribution in [0, 0.1) is 6.92 Å². The minimum atomic E-state index is -3.89. The molecular formula is C26H39NO6SSi. The number of carbonyl (C=O) groups excluding carboxylic acids is 1. The van der Waals surface area contributed by atoms with E-state index in [0.717, 1.165) is 11.1 Å². The van der Waals surface area contributed by atoms with Crippen molar-refractivity contribution in [2.45, 2.75) is 82.8 Å². The average Bonchev–Trinajstić information content (AvgIpc) is 2.77. The number of alkyl carbamates (subject to hydrolysis) is 1. The monoisotopic (exact) mass is 521 g/mol. The third-order valence-corrected chi connectivity index (χ3v) is 12.1. The molecular weight excluding hydrogens is 482 g/mol. The predicted molar refractivity (Wildman–Crippen MR) is 140 cm³/mol. The summed E-state index contributed by atoms with van der Waals surface area (Å²) < 4.78 is 42.4. The molecule has 194 valence electrons. The number of ether oxygens (including phenoxy) is 1. The van der Waals surface area contributed by atoms with E-state index >= 15 is 0 Å². The van der Waals surface area contributed by atoms with Gasteiger partial charge in [0.15, 0.2) is 8.32 Å². The van der Waals surface area contributed by atoms with Gasteiger partial charge in [0.2, 0.25) is 0 Å². The second kappa shape index (κ2) is 12.2. The molecule has 0 aliphatic rings. The molecule has 0 bridgehead atoms. The maximum Gasteiger partial charge on any atom is 0.407 e. The summed E-state index contributed by atoms with van der Waals surface area (Å²) in [6, 6.07) is 15.5. The predicted octanol–water partition coefficient (Wildman–Crippen LogP) is 5.80. The molecule has 1 N–H and O–H groups in total. The van der Waals surface area contributed by atoms with Crippen molar-refractivity contribution in [3.63, 3.8) is 0 Å².